The number of ether oxygens (including phenoxy) is 1. The van der Waals surface area contributed by atoms with Crippen molar-refractivity contribution in [3.05, 3.63) is 70.9 Å². The molecule has 1 aromatic heterocycles. The molecule has 0 aliphatic carbocycles. The van der Waals surface area contributed by atoms with E-state index in [9.17, 15) is 14.4 Å². The number of hydrogen-bond donors (Lipinski definition) is 2. The van der Waals surface area contributed by atoms with Crippen LogP contribution in [0.5, 0.6) is 0 Å². The monoisotopic (exact) mass is 459 g/mol. The van der Waals surface area contributed by atoms with E-state index in [1.54, 1.807) is 31.2 Å². The van der Waals surface area contributed by atoms with Gasteiger partial charge in [-0.1, -0.05) is 30.3 Å². The standard InChI is InChI=1S/C27H29N3O4/c1-3-34-26(33)21(12-8-16-30-24(31)19-10-4-5-11-20(19)25(30)32)27(2)23-18(14-15-28-27)17-9-6-7-13-22(17)29-23/h4-7,9-11,13,21,28-29H,3,8,12,14-16H2,1-2H3. The molecule has 3 heterocycles. The van der Waals surface area contributed by atoms with Crippen molar-refractivity contribution in [1.29, 1.82) is 0 Å². The third-order valence-electron chi connectivity index (χ3n) is 7.22. The summed E-state index contributed by atoms with van der Waals surface area (Å²) in [6.45, 7) is 5.16. The number of esters is 1. The van der Waals surface area contributed by atoms with Crippen LogP contribution in [0.4, 0.5) is 0 Å². The number of hydrogen-bond acceptors (Lipinski definition) is 5. The second-order valence-electron chi connectivity index (χ2n) is 9.16. The maximum atomic E-state index is 13.2. The van der Waals surface area contributed by atoms with E-state index >= 15 is 0 Å². The van der Waals surface area contributed by atoms with Gasteiger partial charge in [0, 0.05) is 29.7 Å². The Labute approximate surface area is 198 Å². The Morgan fingerprint density at radius 2 is 1.76 bits per heavy atom. The highest BCUT2D eigenvalue weighted by atomic mass is 16.5. The largest absolute Gasteiger partial charge is 0.466 e. The van der Waals surface area contributed by atoms with Gasteiger partial charge in [-0.3, -0.25) is 19.3 Å². The van der Waals surface area contributed by atoms with E-state index in [0.717, 1.165) is 24.2 Å². The van der Waals surface area contributed by atoms with E-state index in [4.69, 9.17) is 4.74 Å². The molecule has 3 aromatic rings. The molecule has 7 nitrogen and oxygen atoms in total. The van der Waals surface area contributed by atoms with Crippen molar-refractivity contribution in [2.45, 2.75) is 38.6 Å². The first-order valence-electron chi connectivity index (χ1n) is 11.9. The SMILES string of the molecule is CCOC(=O)C(CCCN1C(=O)c2ccccc2C1=O)C1(C)NCCc2c1[nH]c1ccccc21. The van der Waals surface area contributed by atoms with Crippen molar-refractivity contribution >= 4 is 28.7 Å². The van der Waals surface area contributed by atoms with E-state index in [2.05, 4.69) is 22.4 Å². The van der Waals surface area contributed by atoms with Gasteiger partial charge < -0.3 is 15.0 Å². The highest BCUT2D eigenvalue weighted by Gasteiger charge is 2.45. The highest BCUT2D eigenvalue weighted by Crippen LogP contribution is 2.40. The molecular weight excluding hydrogens is 430 g/mol. The van der Waals surface area contributed by atoms with Gasteiger partial charge in [-0.25, -0.2) is 0 Å². The molecule has 7 heteroatoms. The van der Waals surface area contributed by atoms with E-state index in [1.165, 1.54) is 15.8 Å². The van der Waals surface area contributed by atoms with Crippen LogP contribution in [-0.4, -0.2) is 47.4 Å². The second-order valence-corrected chi connectivity index (χ2v) is 9.16. The number of carbonyl (C=O) groups excluding carboxylic acids is 3. The molecule has 2 aromatic carbocycles. The van der Waals surface area contributed by atoms with Gasteiger partial charge in [0.1, 0.15) is 0 Å². The van der Waals surface area contributed by atoms with Gasteiger partial charge in [0.2, 0.25) is 0 Å². The lowest BCUT2D eigenvalue weighted by molar-refractivity contribution is -0.151. The van der Waals surface area contributed by atoms with Crippen LogP contribution >= 0.6 is 0 Å². The summed E-state index contributed by atoms with van der Waals surface area (Å²) in [6.07, 6.45) is 1.85. The Bertz CT molecular complexity index is 1240. The predicted molar refractivity (Wildman–Crippen MR) is 129 cm³/mol. The van der Waals surface area contributed by atoms with Gasteiger partial charge in [0.15, 0.2) is 0 Å². The zero-order valence-electron chi connectivity index (χ0n) is 19.5. The summed E-state index contributed by atoms with van der Waals surface area (Å²) in [5.41, 5.74) is 3.53. The molecule has 0 saturated carbocycles. The van der Waals surface area contributed by atoms with Crippen molar-refractivity contribution in [1.82, 2.24) is 15.2 Å². The topological polar surface area (TPSA) is 91.5 Å². The first-order valence-corrected chi connectivity index (χ1v) is 11.9. The number of imide groups is 1. The molecule has 0 spiro atoms. The Morgan fingerprint density at radius 3 is 2.47 bits per heavy atom. The number of amides is 2. The van der Waals surface area contributed by atoms with Gasteiger partial charge in [-0.15, -0.1) is 0 Å². The summed E-state index contributed by atoms with van der Waals surface area (Å²) in [6, 6.07) is 15.1. The second kappa shape index (κ2) is 8.72. The van der Waals surface area contributed by atoms with Crippen molar-refractivity contribution in [2.75, 3.05) is 19.7 Å². The lowest BCUT2D eigenvalue weighted by atomic mass is 9.76. The van der Waals surface area contributed by atoms with Gasteiger partial charge in [-0.2, -0.15) is 0 Å². The molecule has 2 N–H and O–H groups in total. The molecular formula is C27H29N3O4. The minimum atomic E-state index is -0.652. The third kappa shape index (κ3) is 3.51. The minimum absolute atomic E-state index is 0.262. The van der Waals surface area contributed by atoms with E-state index in [1.807, 2.05) is 19.1 Å². The normalized spacial score (nSPS) is 20.4. The molecule has 2 atom stereocenters. The van der Waals surface area contributed by atoms with Gasteiger partial charge in [0.05, 0.1) is 29.2 Å². The van der Waals surface area contributed by atoms with Crippen LogP contribution < -0.4 is 5.32 Å². The Morgan fingerprint density at radius 1 is 1.09 bits per heavy atom. The summed E-state index contributed by atoms with van der Waals surface area (Å²) < 4.78 is 5.49. The minimum Gasteiger partial charge on any atom is -0.466 e. The summed E-state index contributed by atoms with van der Waals surface area (Å²) in [7, 11) is 0. The van der Waals surface area contributed by atoms with Gasteiger partial charge in [0.25, 0.3) is 11.8 Å². The molecule has 0 bridgehead atoms. The molecule has 0 radical (unpaired) electrons. The lowest BCUT2D eigenvalue weighted by Crippen LogP contribution is -2.53. The molecule has 2 aliphatic rings. The molecule has 2 amide bonds. The zero-order valence-corrected chi connectivity index (χ0v) is 19.5. The molecule has 2 aliphatic heterocycles. The predicted octanol–water partition coefficient (Wildman–Crippen LogP) is 3.78. The number of nitrogens with zero attached hydrogens (tertiary/aromatic N) is 1. The summed E-state index contributed by atoms with van der Waals surface area (Å²) >= 11 is 0. The number of aromatic nitrogens is 1. The molecule has 176 valence electrons. The third-order valence-corrected chi connectivity index (χ3v) is 7.22. The molecule has 0 saturated heterocycles. The Hall–Kier alpha value is -3.45. The number of para-hydroxylation sites is 1. The average molecular weight is 460 g/mol. The van der Waals surface area contributed by atoms with Crippen LogP contribution in [0, 0.1) is 5.92 Å². The number of benzene rings is 2. The summed E-state index contributed by atoms with van der Waals surface area (Å²) in [5, 5.41) is 4.76. The fourth-order valence-corrected chi connectivity index (χ4v) is 5.52. The van der Waals surface area contributed by atoms with Crippen LogP contribution in [0.3, 0.4) is 0 Å². The summed E-state index contributed by atoms with van der Waals surface area (Å²) in [4.78, 5) is 43.5. The van der Waals surface area contributed by atoms with Crippen LogP contribution in [0.15, 0.2) is 48.5 Å². The average Bonchev–Trinajstić information content (AvgIpc) is 3.34. The van der Waals surface area contributed by atoms with Gasteiger partial charge in [-0.05, 0) is 56.9 Å². The number of rotatable bonds is 7. The number of aromatic amines is 1. The van der Waals surface area contributed by atoms with Crippen LogP contribution in [0.1, 0.15) is 58.7 Å². The smallest absolute Gasteiger partial charge is 0.311 e. The Balaban J connectivity index is 1.40. The van der Waals surface area contributed by atoms with Crippen molar-refractivity contribution in [3.8, 4) is 0 Å². The van der Waals surface area contributed by atoms with E-state index < -0.39 is 11.5 Å². The lowest BCUT2D eigenvalue weighted by Gasteiger charge is -2.40. The first-order chi connectivity index (χ1) is 16.5. The fourth-order valence-electron chi connectivity index (χ4n) is 5.52. The van der Waals surface area contributed by atoms with E-state index in [0.29, 0.717) is 30.6 Å². The first kappa shape index (κ1) is 22.3. The van der Waals surface area contributed by atoms with Crippen LogP contribution in [0.2, 0.25) is 0 Å². The Kier molecular flexibility index (Phi) is 5.73. The maximum absolute atomic E-state index is 13.2. The number of carbonyl (C=O) groups is 3. The number of nitrogens with one attached hydrogen (secondary N) is 2. The molecule has 5 rings (SSSR count). The quantitative estimate of drug-likeness (QED) is 0.414. The van der Waals surface area contributed by atoms with Crippen molar-refractivity contribution in [2.24, 2.45) is 5.92 Å². The molecule has 34 heavy (non-hydrogen) atoms. The number of fused-ring (bicyclic) bond motifs is 4. The van der Waals surface area contributed by atoms with Gasteiger partial charge >= 0.3 is 5.97 Å². The van der Waals surface area contributed by atoms with Crippen LogP contribution in [0.25, 0.3) is 10.9 Å². The van der Waals surface area contributed by atoms with E-state index in [-0.39, 0.29) is 24.3 Å². The fraction of sp³-hybridized carbons (Fsp3) is 0.370. The summed E-state index contributed by atoms with van der Waals surface area (Å²) in [5.74, 6) is -1.29. The van der Waals surface area contributed by atoms with Crippen molar-refractivity contribution < 1.29 is 19.1 Å². The maximum Gasteiger partial charge on any atom is 0.311 e. The van der Waals surface area contributed by atoms with Crippen molar-refractivity contribution in [3.63, 3.8) is 0 Å². The zero-order chi connectivity index (χ0) is 23.9. The molecule has 2 unspecified atom stereocenters. The van der Waals surface area contributed by atoms with Crippen LogP contribution in [-0.2, 0) is 21.5 Å². The molecule has 0 fully saturated rings. The number of H-pyrrole nitrogens is 1. The highest BCUT2D eigenvalue weighted by molar-refractivity contribution is 6.21.